The molecule has 8 nitrogen and oxygen atoms in total. The Bertz CT molecular complexity index is 1200. The lowest BCUT2D eigenvalue weighted by atomic mass is 10.1. The molecule has 0 N–H and O–H groups in total. The Morgan fingerprint density at radius 2 is 1.65 bits per heavy atom. The number of ether oxygens (including phenoxy) is 1. The minimum atomic E-state index is -3.62. The molecule has 2 aromatic rings. The Kier molecular flexibility index (Phi) is 6.86. The molecular weight excluding hydrogens is 456 g/mol. The Morgan fingerprint density at radius 1 is 1.00 bits per heavy atom. The predicted octanol–water partition coefficient (Wildman–Crippen LogP) is 3.13. The van der Waals surface area contributed by atoms with Gasteiger partial charge in [-0.25, -0.2) is 8.42 Å². The number of amides is 2. The van der Waals surface area contributed by atoms with E-state index in [2.05, 4.69) is 0 Å². The van der Waals surface area contributed by atoms with E-state index in [0.717, 1.165) is 24.2 Å². The quantitative estimate of drug-likeness (QED) is 0.461. The van der Waals surface area contributed by atoms with Crippen molar-refractivity contribution in [2.45, 2.75) is 44.1 Å². The third-order valence-corrected chi connectivity index (χ3v) is 8.08. The zero-order valence-corrected chi connectivity index (χ0v) is 20.1. The van der Waals surface area contributed by atoms with Gasteiger partial charge in [0.1, 0.15) is 5.75 Å². The van der Waals surface area contributed by atoms with Gasteiger partial charge in [0.2, 0.25) is 10.0 Å². The maximum Gasteiger partial charge on any atom is 0.271 e. The third kappa shape index (κ3) is 4.63. The Morgan fingerprint density at radius 3 is 2.29 bits per heavy atom. The molecule has 2 aliphatic heterocycles. The molecule has 1 fully saturated rings. The Labute approximate surface area is 199 Å². The SMILES string of the molecule is CC(C)C1Oc2ccccc2C(=O)N(CC(=O)c2ccc(S(=O)(=O)N3CCCCC3)cc2)C1=O. The van der Waals surface area contributed by atoms with E-state index in [0.29, 0.717) is 18.8 Å². The largest absolute Gasteiger partial charge is 0.479 e. The number of sulfonamides is 1. The van der Waals surface area contributed by atoms with Crippen LogP contribution < -0.4 is 4.74 Å². The van der Waals surface area contributed by atoms with Gasteiger partial charge in [-0.3, -0.25) is 19.3 Å². The van der Waals surface area contributed by atoms with Gasteiger partial charge < -0.3 is 4.74 Å². The summed E-state index contributed by atoms with van der Waals surface area (Å²) in [5.74, 6) is -1.55. The maximum atomic E-state index is 13.1. The number of carbonyl (C=O) groups is 3. The lowest BCUT2D eigenvalue weighted by Crippen LogP contribution is -2.47. The summed E-state index contributed by atoms with van der Waals surface area (Å²) in [7, 11) is -3.62. The van der Waals surface area contributed by atoms with Gasteiger partial charge >= 0.3 is 0 Å². The van der Waals surface area contributed by atoms with E-state index >= 15 is 0 Å². The fourth-order valence-electron chi connectivity index (χ4n) is 4.21. The highest BCUT2D eigenvalue weighted by atomic mass is 32.2. The fourth-order valence-corrected chi connectivity index (χ4v) is 5.72. The van der Waals surface area contributed by atoms with Gasteiger partial charge in [-0.15, -0.1) is 0 Å². The van der Waals surface area contributed by atoms with Crippen LogP contribution in [0.15, 0.2) is 53.4 Å². The first-order valence-electron chi connectivity index (χ1n) is 11.4. The van der Waals surface area contributed by atoms with Crippen LogP contribution in [0.3, 0.4) is 0 Å². The van der Waals surface area contributed by atoms with E-state index in [4.69, 9.17) is 4.74 Å². The second-order valence-corrected chi connectivity index (χ2v) is 10.9. The second kappa shape index (κ2) is 9.68. The van der Waals surface area contributed by atoms with Crippen LogP contribution in [-0.2, 0) is 14.8 Å². The number of carbonyl (C=O) groups excluding carboxylic acids is 3. The summed E-state index contributed by atoms with van der Waals surface area (Å²) < 4.78 is 33.0. The first-order valence-corrected chi connectivity index (χ1v) is 12.9. The Balaban J connectivity index is 1.56. The van der Waals surface area contributed by atoms with Crippen molar-refractivity contribution in [2.24, 2.45) is 5.92 Å². The van der Waals surface area contributed by atoms with Crippen LogP contribution in [0.25, 0.3) is 0 Å². The zero-order chi connectivity index (χ0) is 24.5. The number of rotatable bonds is 6. The van der Waals surface area contributed by atoms with Gasteiger partial charge in [-0.05, 0) is 55.2 Å². The maximum absolute atomic E-state index is 13.1. The second-order valence-electron chi connectivity index (χ2n) is 8.92. The molecule has 1 saturated heterocycles. The molecule has 0 bridgehead atoms. The highest BCUT2D eigenvalue weighted by Gasteiger charge is 2.39. The highest BCUT2D eigenvalue weighted by molar-refractivity contribution is 7.89. The molecule has 4 rings (SSSR count). The number of benzene rings is 2. The van der Waals surface area contributed by atoms with E-state index in [1.165, 1.54) is 28.6 Å². The van der Waals surface area contributed by atoms with Gasteiger partial charge in [0, 0.05) is 18.7 Å². The molecule has 34 heavy (non-hydrogen) atoms. The van der Waals surface area contributed by atoms with Crippen LogP contribution in [0.5, 0.6) is 5.75 Å². The molecule has 0 saturated carbocycles. The summed E-state index contributed by atoms with van der Waals surface area (Å²) in [6, 6.07) is 12.2. The average molecular weight is 485 g/mol. The molecule has 0 aromatic heterocycles. The summed E-state index contributed by atoms with van der Waals surface area (Å²) >= 11 is 0. The van der Waals surface area contributed by atoms with E-state index in [1.807, 2.05) is 13.8 Å². The zero-order valence-electron chi connectivity index (χ0n) is 19.3. The van der Waals surface area contributed by atoms with Crippen LogP contribution in [0, 0.1) is 5.92 Å². The van der Waals surface area contributed by atoms with Crippen molar-refractivity contribution in [3.05, 3.63) is 59.7 Å². The number of para-hydroxylation sites is 1. The minimum absolute atomic E-state index is 0.120. The molecule has 2 heterocycles. The molecule has 1 atom stereocenters. The molecule has 1 unspecified atom stereocenters. The molecule has 0 radical (unpaired) electrons. The summed E-state index contributed by atoms with van der Waals surface area (Å²) in [5, 5.41) is 0. The van der Waals surface area contributed by atoms with E-state index in [-0.39, 0.29) is 21.9 Å². The van der Waals surface area contributed by atoms with Crippen molar-refractivity contribution in [1.29, 1.82) is 0 Å². The molecular formula is C25H28N2O6S. The molecule has 0 spiro atoms. The van der Waals surface area contributed by atoms with Crippen LogP contribution in [-0.4, -0.2) is 61.0 Å². The number of Topliss-reactive ketones (excluding diaryl/α,β-unsaturated/α-hetero) is 1. The van der Waals surface area contributed by atoms with Crippen molar-refractivity contribution in [1.82, 2.24) is 9.21 Å². The van der Waals surface area contributed by atoms with Gasteiger partial charge in [-0.2, -0.15) is 4.31 Å². The van der Waals surface area contributed by atoms with Gasteiger partial charge in [0.05, 0.1) is 17.0 Å². The standard InChI is InChI=1S/C25H28N2O6S/c1-17(2)23-25(30)27(24(29)20-8-4-5-9-22(20)33-23)16-21(28)18-10-12-19(13-11-18)34(31,32)26-14-6-3-7-15-26/h4-5,8-13,17,23H,3,6-7,14-16H2,1-2H3. The monoisotopic (exact) mass is 484 g/mol. The molecule has 2 aromatic carbocycles. The van der Waals surface area contributed by atoms with Crippen LogP contribution in [0.4, 0.5) is 0 Å². The van der Waals surface area contributed by atoms with Crippen LogP contribution >= 0.6 is 0 Å². The normalized spacial score (nSPS) is 19.5. The van der Waals surface area contributed by atoms with Crippen molar-refractivity contribution in [2.75, 3.05) is 19.6 Å². The summed E-state index contributed by atoms with van der Waals surface area (Å²) in [4.78, 5) is 40.3. The summed E-state index contributed by atoms with van der Waals surface area (Å²) in [6.45, 7) is 4.13. The number of hydrogen-bond acceptors (Lipinski definition) is 6. The number of ketones is 1. The minimum Gasteiger partial charge on any atom is -0.479 e. The van der Waals surface area contributed by atoms with Crippen molar-refractivity contribution < 1.29 is 27.5 Å². The number of nitrogens with zero attached hydrogens (tertiary/aromatic N) is 2. The average Bonchev–Trinajstić information content (AvgIpc) is 2.95. The molecule has 2 aliphatic rings. The smallest absolute Gasteiger partial charge is 0.271 e. The van der Waals surface area contributed by atoms with Crippen molar-refractivity contribution in [3.63, 3.8) is 0 Å². The van der Waals surface area contributed by atoms with Gasteiger partial charge in [0.25, 0.3) is 11.8 Å². The Hall–Kier alpha value is -3.04. The van der Waals surface area contributed by atoms with E-state index < -0.39 is 40.3 Å². The summed E-state index contributed by atoms with van der Waals surface area (Å²) in [6.07, 6.45) is 1.77. The number of hydrogen-bond donors (Lipinski definition) is 0. The van der Waals surface area contributed by atoms with Gasteiger partial charge in [0.15, 0.2) is 11.9 Å². The van der Waals surface area contributed by atoms with Crippen molar-refractivity contribution in [3.8, 4) is 5.75 Å². The highest BCUT2D eigenvalue weighted by Crippen LogP contribution is 2.28. The first-order chi connectivity index (χ1) is 16.2. The fraction of sp³-hybridized carbons (Fsp3) is 0.400. The molecule has 0 aliphatic carbocycles. The van der Waals surface area contributed by atoms with E-state index in [9.17, 15) is 22.8 Å². The first kappa shape index (κ1) is 24.1. The van der Waals surface area contributed by atoms with Crippen molar-refractivity contribution >= 4 is 27.6 Å². The topological polar surface area (TPSA) is 101 Å². The lowest BCUT2D eigenvalue weighted by molar-refractivity contribution is -0.136. The predicted molar refractivity (Wildman–Crippen MR) is 125 cm³/mol. The lowest BCUT2D eigenvalue weighted by Gasteiger charge is -2.26. The van der Waals surface area contributed by atoms with Crippen LogP contribution in [0.1, 0.15) is 53.8 Å². The number of piperidine rings is 1. The van der Waals surface area contributed by atoms with Gasteiger partial charge in [-0.1, -0.05) is 32.4 Å². The van der Waals surface area contributed by atoms with E-state index in [1.54, 1.807) is 24.3 Å². The number of fused-ring (bicyclic) bond motifs is 1. The summed E-state index contributed by atoms with van der Waals surface area (Å²) in [5.41, 5.74) is 0.438. The van der Waals surface area contributed by atoms with Crippen LogP contribution in [0.2, 0.25) is 0 Å². The molecule has 180 valence electrons. The third-order valence-electron chi connectivity index (χ3n) is 6.16. The number of imide groups is 1. The molecule has 2 amide bonds. The molecule has 9 heteroatoms.